The van der Waals surface area contributed by atoms with Crippen LogP contribution in [0.25, 0.3) is 0 Å². The molecule has 2 aromatic rings. The van der Waals surface area contributed by atoms with E-state index in [-0.39, 0.29) is 11.6 Å². The number of amides is 1. The largest absolute Gasteiger partial charge is 0.271 e. The smallest absolute Gasteiger partial charge is 0.267 e. The Morgan fingerprint density at radius 3 is 2.48 bits per heavy atom. The van der Waals surface area contributed by atoms with Gasteiger partial charge >= 0.3 is 0 Å². The van der Waals surface area contributed by atoms with Crippen LogP contribution in [-0.2, 0) is 0 Å². The molecule has 0 aromatic heterocycles. The Labute approximate surface area is 121 Å². The number of benzene rings is 2. The van der Waals surface area contributed by atoms with Crippen molar-refractivity contribution in [3.63, 3.8) is 0 Å². The molecule has 2 aromatic carbocycles. The molecule has 0 heterocycles. The molecule has 0 fully saturated rings. The van der Waals surface area contributed by atoms with Crippen molar-refractivity contribution < 1.29 is 9.72 Å². The van der Waals surface area contributed by atoms with Crippen molar-refractivity contribution in [1.82, 2.24) is 5.43 Å². The molecule has 6 heteroatoms. The van der Waals surface area contributed by atoms with Gasteiger partial charge in [-0.3, -0.25) is 14.9 Å². The van der Waals surface area contributed by atoms with Crippen LogP contribution < -0.4 is 5.43 Å². The topological polar surface area (TPSA) is 84.6 Å². The maximum atomic E-state index is 11.9. The van der Waals surface area contributed by atoms with E-state index in [4.69, 9.17) is 0 Å². The van der Waals surface area contributed by atoms with Crippen molar-refractivity contribution in [2.24, 2.45) is 5.10 Å². The molecule has 2 rings (SSSR count). The molecule has 1 N–H and O–H groups in total. The number of carbonyl (C=O) groups excluding carboxylic acids is 1. The molecule has 0 aliphatic carbocycles. The first-order valence-electron chi connectivity index (χ1n) is 6.21. The number of nitro benzene ring substituents is 1. The summed E-state index contributed by atoms with van der Waals surface area (Å²) in [5.41, 5.74) is 4.51. The standard InChI is InChI=1S/C15H13N3O3/c1-11-4-2-3-5-14(11)15(19)17-16-10-12-6-8-13(9-7-12)18(20)21/h2-10H,1H3,(H,17,19)/b16-10-. The van der Waals surface area contributed by atoms with E-state index in [0.29, 0.717) is 11.1 Å². The first-order valence-corrected chi connectivity index (χ1v) is 6.21. The van der Waals surface area contributed by atoms with Crippen molar-refractivity contribution in [2.75, 3.05) is 0 Å². The number of rotatable bonds is 4. The highest BCUT2D eigenvalue weighted by Crippen LogP contribution is 2.10. The van der Waals surface area contributed by atoms with E-state index in [0.717, 1.165) is 5.56 Å². The number of hydrogen-bond donors (Lipinski definition) is 1. The van der Waals surface area contributed by atoms with E-state index in [1.807, 2.05) is 19.1 Å². The molecule has 106 valence electrons. The lowest BCUT2D eigenvalue weighted by Crippen LogP contribution is -2.18. The number of nitrogens with zero attached hydrogens (tertiary/aromatic N) is 2. The van der Waals surface area contributed by atoms with Gasteiger partial charge in [-0.15, -0.1) is 0 Å². The number of non-ortho nitro benzene ring substituents is 1. The molecule has 0 spiro atoms. The molecule has 0 atom stereocenters. The van der Waals surface area contributed by atoms with Crippen LogP contribution in [0.15, 0.2) is 53.6 Å². The van der Waals surface area contributed by atoms with Crippen LogP contribution in [0.5, 0.6) is 0 Å². The van der Waals surface area contributed by atoms with Crippen LogP contribution in [0.2, 0.25) is 0 Å². The molecule has 6 nitrogen and oxygen atoms in total. The van der Waals surface area contributed by atoms with Crippen molar-refractivity contribution in [1.29, 1.82) is 0 Å². The van der Waals surface area contributed by atoms with Gasteiger partial charge in [0.15, 0.2) is 0 Å². The van der Waals surface area contributed by atoms with E-state index in [2.05, 4.69) is 10.5 Å². The van der Waals surface area contributed by atoms with Gasteiger partial charge in [0.25, 0.3) is 11.6 Å². The molecule has 0 aliphatic rings. The molecule has 0 unspecified atom stereocenters. The molecule has 1 amide bonds. The maximum absolute atomic E-state index is 11.9. The third-order valence-corrected chi connectivity index (χ3v) is 2.87. The van der Waals surface area contributed by atoms with E-state index >= 15 is 0 Å². The number of nitro groups is 1. The van der Waals surface area contributed by atoms with Gasteiger partial charge in [-0.05, 0) is 36.2 Å². The Balaban J connectivity index is 2.01. The molecule has 0 radical (unpaired) electrons. The number of carbonyl (C=O) groups is 1. The van der Waals surface area contributed by atoms with Gasteiger partial charge in [0.05, 0.1) is 11.1 Å². The van der Waals surface area contributed by atoms with Gasteiger partial charge in [-0.1, -0.05) is 18.2 Å². The normalized spacial score (nSPS) is 10.5. The maximum Gasteiger partial charge on any atom is 0.271 e. The minimum Gasteiger partial charge on any atom is -0.267 e. The first kappa shape index (κ1) is 14.4. The lowest BCUT2D eigenvalue weighted by Gasteiger charge is -2.02. The Kier molecular flexibility index (Phi) is 4.40. The summed E-state index contributed by atoms with van der Waals surface area (Å²) in [6.07, 6.45) is 1.43. The molecule has 0 saturated carbocycles. The van der Waals surface area contributed by atoms with E-state index in [9.17, 15) is 14.9 Å². The van der Waals surface area contributed by atoms with Crippen LogP contribution in [0.3, 0.4) is 0 Å². The number of hydrogen-bond acceptors (Lipinski definition) is 4. The summed E-state index contributed by atoms with van der Waals surface area (Å²) >= 11 is 0. The van der Waals surface area contributed by atoms with Gasteiger partial charge in [0.2, 0.25) is 0 Å². The highest BCUT2D eigenvalue weighted by atomic mass is 16.6. The minimum atomic E-state index is -0.471. The fraction of sp³-hybridized carbons (Fsp3) is 0.0667. The summed E-state index contributed by atoms with van der Waals surface area (Å²) in [4.78, 5) is 21.9. The van der Waals surface area contributed by atoms with Gasteiger partial charge in [0.1, 0.15) is 0 Å². The van der Waals surface area contributed by atoms with Crippen LogP contribution in [0.1, 0.15) is 21.5 Å². The van der Waals surface area contributed by atoms with Crippen LogP contribution in [0.4, 0.5) is 5.69 Å². The number of hydrazone groups is 1. The number of nitrogens with one attached hydrogen (secondary N) is 1. The highest BCUT2D eigenvalue weighted by molar-refractivity contribution is 5.96. The van der Waals surface area contributed by atoms with Crippen molar-refractivity contribution in [3.05, 3.63) is 75.3 Å². The predicted octanol–water partition coefficient (Wildman–Crippen LogP) is 2.67. The molecular weight excluding hydrogens is 270 g/mol. The van der Waals surface area contributed by atoms with E-state index in [1.54, 1.807) is 24.3 Å². The van der Waals surface area contributed by atoms with Crippen molar-refractivity contribution in [2.45, 2.75) is 6.92 Å². The molecule has 0 saturated heterocycles. The average molecular weight is 283 g/mol. The second kappa shape index (κ2) is 6.42. The lowest BCUT2D eigenvalue weighted by atomic mass is 10.1. The zero-order valence-corrected chi connectivity index (χ0v) is 11.3. The Morgan fingerprint density at radius 1 is 1.19 bits per heavy atom. The molecule has 21 heavy (non-hydrogen) atoms. The molecule has 0 aliphatic heterocycles. The van der Waals surface area contributed by atoms with Crippen molar-refractivity contribution in [3.8, 4) is 0 Å². The fourth-order valence-electron chi connectivity index (χ4n) is 1.74. The summed E-state index contributed by atoms with van der Waals surface area (Å²) in [7, 11) is 0. The third kappa shape index (κ3) is 3.73. The summed E-state index contributed by atoms with van der Waals surface area (Å²) < 4.78 is 0. The van der Waals surface area contributed by atoms with E-state index < -0.39 is 4.92 Å². The Bertz CT molecular complexity index is 694. The van der Waals surface area contributed by atoms with Crippen LogP contribution in [-0.4, -0.2) is 17.0 Å². The van der Waals surface area contributed by atoms with Crippen LogP contribution >= 0.6 is 0 Å². The van der Waals surface area contributed by atoms with Gasteiger partial charge < -0.3 is 0 Å². The monoisotopic (exact) mass is 283 g/mol. The third-order valence-electron chi connectivity index (χ3n) is 2.87. The quantitative estimate of drug-likeness (QED) is 0.532. The Hall–Kier alpha value is -3.02. The van der Waals surface area contributed by atoms with E-state index in [1.165, 1.54) is 18.3 Å². The number of aryl methyl sites for hydroxylation is 1. The summed E-state index contributed by atoms with van der Waals surface area (Å²) in [5.74, 6) is -0.300. The fourth-order valence-corrected chi connectivity index (χ4v) is 1.74. The SMILES string of the molecule is Cc1ccccc1C(=O)N/N=C\c1ccc([N+](=O)[O-])cc1. The summed E-state index contributed by atoms with van der Waals surface area (Å²) in [5, 5.41) is 14.4. The second-order valence-electron chi connectivity index (χ2n) is 4.36. The van der Waals surface area contributed by atoms with Gasteiger partial charge in [-0.25, -0.2) is 5.43 Å². The van der Waals surface area contributed by atoms with Gasteiger partial charge in [0, 0.05) is 17.7 Å². The summed E-state index contributed by atoms with van der Waals surface area (Å²) in [6, 6.07) is 13.1. The zero-order valence-electron chi connectivity index (χ0n) is 11.3. The Morgan fingerprint density at radius 2 is 1.86 bits per heavy atom. The minimum absolute atomic E-state index is 0.0103. The average Bonchev–Trinajstić information content (AvgIpc) is 2.48. The van der Waals surface area contributed by atoms with Crippen molar-refractivity contribution >= 4 is 17.8 Å². The zero-order chi connectivity index (χ0) is 15.2. The second-order valence-corrected chi connectivity index (χ2v) is 4.36. The van der Waals surface area contributed by atoms with Gasteiger partial charge in [-0.2, -0.15) is 5.10 Å². The first-order chi connectivity index (χ1) is 10.1. The highest BCUT2D eigenvalue weighted by Gasteiger charge is 2.06. The predicted molar refractivity (Wildman–Crippen MR) is 79.3 cm³/mol. The lowest BCUT2D eigenvalue weighted by molar-refractivity contribution is -0.384. The summed E-state index contributed by atoms with van der Waals surface area (Å²) in [6.45, 7) is 1.84. The molecular formula is C15H13N3O3. The van der Waals surface area contributed by atoms with Crippen LogP contribution in [0, 0.1) is 17.0 Å². The molecule has 0 bridgehead atoms.